The molecule has 2 aromatic rings. The number of nitrogens with two attached hydrogens (primary N) is 1. The van der Waals surface area contributed by atoms with Crippen molar-refractivity contribution in [2.24, 2.45) is 5.73 Å². The molecule has 1 aromatic heterocycles. The standard InChI is InChI=1S/C15H19N3O/c16-14(12-13-6-2-1-3-7-13)15(19)17-8-11-18-9-4-5-10-18/h1-7,9-10,14H,8,11-12,16H2,(H,17,19)/t14-/m1/s1. The maximum atomic E-state index is 11.8. The predicted octanol–water partition coefficient (Wildman–Crippen LogP) is 1.17. The Bertz CT molecular complexity index is 493. The zero-order valence-corrected chi connectivity index (χ0v) is 10.8. The third-order valence-electron chi connectivity index (χ3n) is 2.97. The van der Waals surface area contributed by atoms with E-state index in [1.54, 1.807) is 0 Å². The second kappa shape index (κ2) is 6.75. The van der Waals surface area contributed by atoms with Crippen molar-refractivity contribution in [1.82, 2.24) is 9.88 Å². The molecule has 100 valence electrons. The van der Waals surface area contributed by atoms with Crippen LogP contribution in [0.5, 0.6) is 0 Å². The van der Waals surface area contributed by atoms with Crippen molar-refractivity contribution in [2.45, 2.75) is 19.0 Å². The maximum absolute atomic E-state index is 11.8. The Morgan fingerprint density at radius 1 is 1.16 bits per heavy atom. The van der Waals surface area contributed by atoms with Crippen molar-refractivity contribution >= 4 is 5.91 Å². The van der Waals surface area contributed by atoms with Gasteiger partial charge in [0.1, 0.15) is 0 Å². The van der Waals surface area contributed by atoms with Gasteiger partial charge >= 0.3 is 0 Å². The lowest BCUT2D eigenvalue weighted by molar-refractivity contribution is -0.122. The molecule has 0 spiro atoms. The fraction of sp³-hybridized carbons (Fsp3) is 0.267. The van der Waals surface area contributed by atoms with Crippen molar-refractivity contribution in [3.63, 3.8) is 0 Å². The van der Waals surface area contributed by atoms with Gasteiger partial charge in [-0.1, -0.05) is 30.3 Å². The van der Waals surface area contributed by atoms with E-state index < -0.39 is 6.04 Å². The van der Waals surface area contributed by atoms with E-state index in [9.17, 15) is 4.79 Å². The average molecular weight is 257 g/mol. The van der Waals surface area contributed by atoms with Crippen molar-refractivity contribution in [3.05, 3.63) is 60.4 Å². The van der Waals surface area contributed by atoms with Gasteiger partial charge in [-0.2, -0.15) is 0 Å². The van der Waals surface area contributed by atoms with E-state index in [0.717, 1.165) is 12.1 Å². The van der Waals surface area contributed by atoms with Crippen LogP contribution in [0.4, 0.5) is 0 Å². The molecule has 3 N–H and O–H groups in total. The van der Waals surface area contributed by atoms with Gasteiger partial charge in [0.2, 0.25) is 5.91 Å². The summed E-state index contributed by atoms with van der Waals surface area (Å²) in [4.78, 5) is 11.8. The summed E-state index contributed by atoms with van der Waals surface area (Å²) in [5, 5.41) is 2.86. The summed E-state index contributed by atoms with van der Waals surface area (Å²) >= 11 is 0. The Morgan fingerprint density at radius 2 is 1.84 bits per heavy atom. The maximum Gasteiger partial charge on any atom is 0.237 e. The molecule has 4 nitrogen and oxygen atoms in total. The normalized spacial score (nSPS) is 12.1. The molecule has 1 aromatic carbocycles. The van der Waals surface area contributed by atoms with Crippen LogP contribution in [-0.4, -0.2) is 23.1 Å². The number of hydrogen-bond acceptors (Lipinski definition) is 2. The van der Waals surface area contributed by atoms with Gasteiger partial charge in [0.25, 0.3) is 0 Å². The number of benzene rings is 1. The van der Waals surface area contributed by atoms with E-state index in [-0.39, 0.29) is 5.91 Å². The molecule has 0 bridgehead atoms. The molecular weight excluding hydrogens is 238 g/mol. The monoisotopic (exact) mass is 257 g/mol. The fourth-order valence-corrected chi connectivity index (χ4v) is 1.92. The highest BCUT2D eigenvalue weighted by Gasteiger charge is 2.12. The number of nitrogens with one attached hydrogen (secondary N) is 1. The molecule has 0 radical (unpaired) electrons. The Morgan fingerprint density at radius 3 is 2.53 bits per heavy atom. The quantitative estimate of drug-likeness (QED) is 0.816. The largest absolute Gasteiger partial charge is 0.353 e. The SMILES string of the molecule is N[C@H](Cc1ccccc1)C(=O)NCCn1cccc1. The molecule has 1 amide bonds. The first kappa shape index (κ1) is 13.4. The molecule has 0 saturated carbocycles. The van der Waals surface area contributed by atoms with Gasteiger partial charge in [0.05, 0.1) is 6.04 Å². The third-order valence-corrected chi connectivity index (χ3v) is 2.97. The summed E-state index contributed by atoms with van der Waals surface area (Å²) < 4.78 is 2.02. The minimum Gasteiger partial charge on any atom is -0.353 e. The molecule has 0 aliphatic rings. The molecule has 0 fully saturated rings. The van der Waals surface area contributed by atoms with Gasteiger partial charge in [-0.05, 0) is 24.1 Å². The summed E-state index contributed by atoms with van der Waals surface area (Å²) in [5.41, 5.74) is 6.97. The minimum absolute atomic E-state index is 0.101. The molecule has 1 heterocycles. The van der Waals surface area contributed by atoms with E-state index in [1.807, 2.05) is 59.4 Å². The van der Waals surface area contributed by atoms with E-state index in [1.165, 1.54) is 0 Å². The lowest BCUT2D eigenvalue weighted by Crippen LogP contribution is -2.43. The van der Waals surface area contributed by atoms with Gasteiger partial charge in [0, 0.05) is 25.5 Å². The van der Waals surface area contributed by atoms with Crippen LogP contribution in [-0.2, 0) is 17.8 Å². The van der Waals surface area contributed by atoms with Crippen LogP contribution in [0.1, 0.15) is 5.56 Å². The van der Waals surface area contributed by atoms with Crippen LogP contribution in [0, 0.1) is 0 Å². The molecule has 0 saturated heterocycles. The van der Waals surface area contributed by atoms with Crippen LogP contribution >= 0.6 is 0 Å². The number of carbonyl (C=O) groups excluding carboxylic acids is 1. The first-order valence-electron chi connectivity index (χ1n) is 6.43. The van der Waals surface area contributed by atoms with E-state index in [2.05, 4.69) is 5.32 Å². The molecule has 0 unspecified atom stereocenters. The zero-order chi connectivity index (χ0) is 13.5. The van der Waals surface area contributed by atoms with Crippen LogP contribution in [0.3, 0.4) is 0 Å². The Hall–Kier alpha value is -2.07. The predicted molar refractivity (Wildman–Crippen MR) is 75.6 cm³/mol. The summed E-state index contributed by atoms with van der Waals surface area (Å²) in [7, 11) is 0. The number of hydrogen-bond donors (Lipinski definition) is 2. The van der Waals surface area contributed by atoms with Crippen LogP contribution < -0.4 is 11.1 Å². The first-order valence-corrected chi connectivity index (χ1v) is 6.43. The second-order valence-corrected chi connectivity index (χ2v) is 4.51. The summed E-state index contributed by atoms with van der Waals surface area (Å²) in [6.45, 7) is 1.35. The van der Waals surface area contributed by atoms with Crippen molar-refractivity contribution < 1.29 is 4.79 Å². The Labute approximate surface area is 113 Å². The van der Waals surface area contributed by atoms with Gasteiger partial charge in [-0.3, -0.25) is 4.79 Å². The third kappa shape index (κ3) is 4.26. The van der Waals surface area contributed by atoms with Crippen molar-refractivity contribution in [2.75, 3.05) is 6.54 Å². The molecular formula is C15H19N3O. The number of amides is 1. The van der Waals surface area contributed by atoms with Gasteiger partial charge in [0.15, 0.2) is 0 Å². The van der Waals surface area contributed by atoms with E-state index >= 15 is 0 Å². The van der Waals surface area contributed by atoms with Crippen molar-refractivity contribution in [3.8, 4) is 0 Å². The first-order chi connectivity index (χ1) is 9.25. The van der Waals surface area contributed by atoms with E-state index in [0.29, 0.717) is 13.0 Å². The molecule has 1 atom stereocenters. The van der Waals surface area contributed by atoms with E-state index in [4.69, 9.17) is 5.73 Å². The second-order valence-electron chi connectivity index (χ2n) is 4.51. The fourth-order valence-electron chi connectivity index (χ4n) is 1.92. The zero-order valence-electron chi connectivity index (χ0n) is 10.8. The lowest BCUT2D eigenvalue weighted by Gasteiger charge is -2.12. The molecule has 0 aliphatic carbocycles. The average Bonchev–Trinajstić information content (AvgIpc) is 2.93. The smallest absolute Gasteiger partial charge is 0.237 e. The van der Waals surface area contributed by atoms with Gasteiger partial charge in [-0.25, -0.2) is 0 Å². The topological polar surface area (TPSA) is 60.1 Å². The lowest BCUT2D eigenvalue weighted by atomic mass is 10.1. The molecule has 2 rings (SSSR count). The summed E-state index contributed by atoms with van der Waals surface area (Å²) in [6, 6.07) is 13.2. The highest BCUT2D eigenvalue weighted by Crippen LogP contribution is 2.01. The Balaban J connectivity index is 1.73. The minimum atomic E-state index is -0.493. The highest BCUT2D eigenvalue weighted by atomic mass is 16.2. The number of carbonyl (C=O) groups is 1. The summed E-state index contributed by atoms with van der Waals surface area (Å²) in [5.74, 6) is -0.101. The van der Waals surface area contributed by atoms with Gasteiger partial charge in [-0.15, -0.1) is 0 Å². The number of nitrogens with zero attached hydrogens (tertiary/aromatic N) is 1. The molecule has 19 heavy (non-hydrogen) atoms. The van der Waals surface area contributed by atoms with Crippen molar-refractivity contribution in [1.29, 1.82) is 0 Å². The number of rotatable bonds is 6. The van der Waals surface area contributed by atoms with Crippen LogP contribution in [0.25, 0.3) is 0 Å². The summed E-state index contributed by atoms with van der Waals surface area (Å²) in [6.07, 6.45) is 4.50. The molecule has 0 aliphatic heterocycles. The van der Waals surface area contributed by atoms with Gasteiger partial charge < -0.3 is 15.6 Å². The molecule has 4 heteroatoms. The highest BCUT2D eigenvalue weighted by molar-refractivity contribution is 5.81. The van der Waals surface area contributed by atoms with Crippen LogP contribution in [0.15, 0.2) is 54.9 Å². The van der Waals surface area contributed by atoms with Crippen LogP contribution in [0.2, 0.25) is 0 Å². The Kier molecular flexibility index (Phi) is 4.75. The number of aromatic nitrogens is 1.